The number of ether oxygens (including phenoxy) is 2. The molecule has 0 radical (unpaired) electrons. The van der Waals surface area contributed by atoms with Crippen LogP contribution < -0.4 is 14.8 Å². The first-order valence-electron chi connectivity index (χ1n) is 9.96. The van der Waals surface area contributed by atoms with Crippen LogP contribution >= 0.6 is 11.8 Å². The minimum Gasteiger partial charge on any atom is -0.454 e. The Morgan fingerprint density at radius 2 is 1.67 bits per heavy atom. The van der Waals surface area contributed by atoms with Crippen LogP contribution in [-0.4, -0.2) is 28.7 Å². The van der Waals surface area contributed by atoms with Gasteiger partial charge >= 0.3 is 0 Å². The van der Waals surface area contributed by atoms with Gasteiger partial charge in [-0.3, -0.25) is 4.79 Å². The van der Waals surface area contributed by atoms with Gasteiger partial charge in [0, 0.05) is 11.3 Å². The number of hydrogen-bond acceptors (Lipinski definition) is 9. The maximum absolute atomic E-state index is 12.3. The number of rotatable bonds is 7. The molecule has 0 atom stereocenters. The Morgan fingerprint density at radius 1 is 0.909 bits per heavy atom. The van der Waals surface area contributed by atoms with E-state index in [0.717, 1.165) is 17.4 Å². The normalized spacial score (nSPS) is 12.2. The van der Waals surface area contributed by atoms with E-state index in [1.807, 2.05) is 36.4 Å². The summed E-state index contributed by atoms with van der Waals surface area (Å²) in [5.41, 5.74) is 2.83. The molecule has 1 N–H and O–H groups in total. The Balaban J connectivity index is 1.13. The second-order valence-electron chi connectivity index (χ2n) is 6.86. The summed E-state index contributed by atoms with van der Waals surface area (Å²) < 4.78 is 16.3. The summed E-state index contributed by atoms with van der Waals surface area (Å²) in [5.74, 6) is 1.58. The third kappa shape index (κ3) is 5.18. The molecule has 0 aliphatic carbocycles. The van der Waals surface area contributed by atoms with E-state index < -0.39 is 0 Å². The number of aromatic nitrogens is 2. The molecule has 0 bridgehead atoms. The van der Waals surface area contributed by atoms with Crippen molar-refractivity contribution in [3.63, 3.8) is 0 Å². The van der Waals surface area contributed by atoms with Crippen LogP contribution in [-0.2, 0) is 4.79 Å². The Labute approximate surface area is 192 Å². The van der Waals surface area contributed by atoms with E-state index in [1.165, 1.54) is 0 Å². The van der Waals surface area contributed by atoms with Crippen LogP contribution in [0.2, 0.25) is 0 Å². The van der Waals surface area contributed by atoms with Crippen molar-refractivity contribution in [3.05, 3.63) is 72.8 Å². The summed E-state index contributed by atoms with van der Waals surface area (Å²) in [6.45, 7) is 0.194. The molecule has 0 saturated heterocycles. The second kappa shape index (κ2) is 9.53. The average molecular weight is 459 g/mol. The van der Waals surface area contributed by atoms with Crippen molar-refractivity contribution in [2.45, 2.75) is 5.22 Å². The van der Waals surface area contributed by atoms with E-state index in [-0.39, 0.29) is 18.5 Å². The predicted octanol–water partition coefficient (Wildman–Crippen LogP) is 5.61. The molecule has 33 heavy (non-hydrogen) atoms. The number of benzene rings is 3. The monoisotopic (exact) mass is 459 g/mol. The lowest BCUT2D eigenvalue weighted by molar-refractivity contribution is -0.113. The van der Waals surface area contributed by atoms with Gasteiger partial charge in [-0.05, 0) is 54.6 Å². The molecule has 4 aromatic rings. The first-order valence-corrected chi connectivity index (χ1v) is 10.9. The first kappa shape index (κ1) is 20.7. The van der Waals surface area contributed by atoms with Gasteiger partial charge in [0.25, 0.3) is 5.22 Å². The Kier molecular flexibility index (Phi) is 5.98. The molecule has 10 heteroatoms. The minimum absolute atomic E-state index is 0.123. The fourth-order valence-electron chi connectivity index (χ4n) is 2.96. The SMILES string of the molecule is O=C(CSc1nnc(-c2ccc3c(c2)OCO3)o1)Nc1ccc(N=Nc2ccccc2)cc1. The van der Waals surface area contributed by atoms with Crippen LogP contribution in [0.4, 0.5) is 17.1 Å². The predicted molar refractivity (Wildman–Crippen MR) is 122 cm³/mol. The maximum Gasteiger partial charge on any atom is 0.277 e. The van der Waals surface area contributed by atoms with Crippen LogP contribution in [0.1, 0.15) is 0 Å². The van der Waals surface area contributed by atoms with E-state index in [1.54, 1.807) is 36.4 Å². The van der Waals surface area contributed by atoms with Crippen LogP contribution in [0.15, 0.2) is 92.7 Å². The zero-order valence-electron chi connectivity index (χ0n) is 17.2. The summed E-state index contributed by atoms with van der Waals surface area (Å²) in [6, 6.07) is 21.9. The lowest BCUT2D eigenvalue weighted by Gasteiger charge is -2.04. The smallest absolute Gasteiger partial charge is 0.277 e. The van der Waals surface area contributed by atoms with Gasteiger partial charge in [-0.25, -0.2) is 0 Å². The second-order valence-corrected chi connectivity index (χ2v) is 7.79. The summed E-state index contributed by atoms with van der Waals surface area (Å²) in [7, 11) is 0. The number of azo groups is 1. The topological polar surface area (TPSA) is 111 Å². The summed E-state index contributed by atoms with van der Waals surface area (Å²) in [4.78, 5) is 12.3. The van der Waals surface area contributed by atoms with Crippen molar-refractivity contribution in [2.24, 2.45) is 10.2 Å². The molecule has 0 unspecified atom stereocenters. The number of anilines is 1. The number of nitrogens with zero attached hydrogens (tertiary/aromatic N) is 4. The van der Waals surface area contributed by atoms with E-state index in [4.69, 9.17) is 13.9 Å². The molecule has 1 aliphatic rings. The number of carbonyl (C=O) groups is 1. The number of amides is 1. The van der Waals surface area contributed by atoms with Crippen molar-refractivity contribution in [1.29, 1.82) is 0 Å². The molecule has 0 saturated carbocycles. The highest BCUT2D eigenvalue weighted by molar-refractivity contribution is 7.99. The van der Waals surface area contributed by atoms with E-state index in [9.17, 15) is 4.79 Å². The van der Waals surface area contributed by atoms with E-state index >= 15 is 0 Å². The Bertz CT molecular complexity index is 1290. The van der Waals surface area contributed by atoms with E-state index in [0.29, 0.717) is 39.6 Å². The molecular weight excluding hydrogens is 442 g/mol. The largest absolute Gasteiger partial charge is 0.454 e. The standard InChI is InChI=1S/C23H17N5O4S/c29-21(24-16-7-9-18(10-8-16)26-25-17-4-2-1-3-5-17)13-33-23-28-27-22(32-23)15-6-11-19-20(12-15)31-14-30-19/h1-12H,13-14H2,(H,24,29). The average Bonchev–Trinajstić information content (AvgIpc) is 3.52. The van der Waals surface area contributed by atoms with Gasteiger partial charge in [-0.1, -0.05) is 30.0 Å². The first-order chi connectivity index (χ1) is 16.2. The Morgan fingerprint density at radius 3 is 2.48 bits per heavy atom. The van der Waals surface area contributed by atoms with Gasteiger partial charge in [0.1, 0.15) is 0 Å². The van der Waals surface area contributed by atoms with Gasteiger partial charge in [-0.15, -0.1) is 10.2 Å². The highest BCUT2D eigenvalue weighted by Crippen LogP contribution is 2.36. The molecular formula is C23H17N5O4S. The van der Waals surface area contributed by atoms with Crippen LogP contribution in [0.3, 0.4) is 0 Å². The summed E-state index contributed by atoms with van der Waals surface area (Å²) in [6.07, 6.45) is 0. The lowest BCUT2D eigenvalue weighted by Crippen LogP contribution is -2.13. The van der Waals surface area contributed by atoms with Crippen LogP contribution in [0, 0.1) is 0 Å². The molecule has 2 heterocycles. The number of thioether (sulfide) groups is 1. The summed E-state index contributed by atoms with van der Waals surface area (Å²) >= 11 is 1.16. The molecule has 3 aromatic carbocycles. The number of carbonyl (C=O) groups excluding carboxylic acids is 1. The minimum atomic E-state index is -0.193. The maximum atomic E-state index is 12.3. The highest BCUT2D eigenvalue weighted by Gasteiger charge is 2.17. The van der Waals surface area contributed by atoms with E-state index in [2.05, 4.69) is 25.7 Å². The fourth-order valence-corrected chi connectivity index (χ4v) is 3.52. The number of nitrogens with one attached hydrogen (secondary N) is 1. The Hall–Kier alpha value is -4.18. The molecule has 9 nitrogen and oxygen atoms in total. The van der Waals surface area contributed by atoms with Gasteiger partial charge in [0.15, 0.2) is 11.5 Å². The summed E-state index contributed by atoms with van der Waals surface area (Å²) in [5, 5.41) is 19.5. The van der Waals surface area contributed by atoms with Crippen molar-refractivity contribution >= 4 is 34.7 Å². The molecule has 1 amide bonds. The van der Waals surface area contributed by atoms with Crippen LogP contribution in [0.25, 0.3) is 11.5 Å². The quantitative estimate of drug-likeness (QED) is 0.282. The highest BCUT2D eigenvalue weighted by atomic mass is 32.2. The zero-order chi connectivity index (χ0) is 22.5. The fraction of sp³-hybridized carbons (Fsp3) is 0.0870. The molecule has 1 aliphatic heterocycles. The third-order valence-electron chi connectivity index (χ3n) is 4.54. The molecule has 5 rings (SSSR count). The third-order valence-corrected chi connectivity index (χ3v) is 5.36. The van der Waals surface area contributed by atoms with Gasteiger partial charge in [0.2, 0.25) is 18.6 Å². The molecule has 0 fully saturated rings. The van der Waals surface area contributed by atoms with Crippen LogP contribution in [0.5, 0.6) is 11.5 Å². The lowest BCUT2D eigenvalue weighted by atomic mass is 10.2. The van der Waals surface area contributed by atoms with Crippen molar-refractivity contribution in [3.8, 4) is 23.0 Å². The molecule has 164 valence electrons. The zero-order valence-corrected chi connectivity index (χ0v) is 18.0. The van der Waals surface area contributed by atoms with Gasteiger partial charge < -0.3 is 19.2 Å². The number of hydrogen-bond donors (Lipinski definition) is 1. The van der Waals surface area contributed by atoms with Crippen molar-refractivity contribution in [1.82, 2.24) is 10.2 Å². The number of fused-ring (bicyclic) bond motifs is 1. The van der Waals surface area contributed by atoms with Gasteiger partial charge in [-0.2, -0.15) is 10.2 Å². The molecule has 0 spiro atoms. The van der Waals surface area contributed by atoms with Crippen molar-refractivity contribution in [2.75, 3.05) is 17.9 Å². The molecule has 1 aromatic heterocycles. The van der Waals surface area contributed by atoms with Crippen molar-refractivity contribution < 1.29 is 18.7 Å². The van der Waals surface area contributed by atoms with Gasteiger partial charge in [0.05, 0.1) is 17.1 Å².